The van der Waals surface area contributed by atoms with E-state index in [-0.39, 0.29) is 24.4 Å². The van der Waals surface area contributed by atoms with Gasteiger partial charge >= 0.3 is 0 Å². The van der Waals surface area contributed by atoms with Crippen molar-refractivity contribution in [2.75, 3.05) is 13.2 Å². The van der Waals surface area contributed by atoms with Crippen molar-refractivity contribution >= 4 is 0 Å². The summed E-state index contributed by atoms with van der Waals surface area (Å²) in [6.07, 6.45) is 15.1. The van der Waals surface area contributed by atoms with E-state index in [9.17, 15) is 0 Å². The van der Waals surface area contributed by atoms with Crippen LogP contribution in [0.15, 0.2) is 36.5 Å². The van der Waals surface area contributed by atoms with Gasteiger partial charge in [0.1, 0.15) is 12.2 Å². The second kappa shape index (κ2) is 5.17. The normalized spacial score (nSPS) is 40.9. The van der Waals surface area contributed by atoms with Crippen molar-refractivity contribution in [2.24, 2.45) is 0 Å². The molecule has 0 saturated heterocycles. The molecule has 3 nitrogen and oxygen atoms in total. The Kier molecular flexibility index (Phi) is 3.41. The van der Waals surface area contributed by atoms with Gasteiger partial charge in [-0.1, -0.05) is 36.5 Å². The average molecular weight is 234 g/mol. The highest BCUT2D eigenvalue weighted by Crippen LogP contribution is 2.25. The van der Waals surface area contributed by atoms with Gasteiger partial charge in [0, 0.05) is 0 Å². The van der Waals surface area contributed by atoms with Crippen LogP contribution in [0.3, 0.4) is 0 Å². The molecule has 0 amide bonds. The summed E-state index contributed by atoms with van der Waals surface area (Å²) >= 11 is 0. The van der Waals surface area contributed by atoms with Crippen LogP contribution in [0.1, 0.15) is 12.8 Å². The van der Waals surface area contributed by atoms with Crippen LogP contribution in [0.5, 0.6) is 0 Å². The second-order valence-corrected chi connectivity index (χ2v) is 4.61. The first kappa shape index (κ1) is 11.2. The zero-order valence-electron chi connectivity index (χ0n) is 9.83. The van der Waals surface area contributed by atoms with Crippen LogP contribution < -0.4 is 0 Å². The van der Waals surface area contributed by atoms with E-state index in [4.69, 9.17) is 14.2 Å². The molecule has 17 heavy (non-hydrogen) atoms. The van der Waals surface area contributed by atoms with Gasteiger partial charge in [-0.05, 0) is 12.8 Å². The van der Waals surface area contributed by atoms with Gasteiger partial charge in [-0.3, -0.25) is 0 Å². The maximum Gasteiger partial charge on any atom is 0.103 e. The van der Waals surface area contributed by atoms with Gasteiger partial charge in [-0.25, -0.2) is 0 Å². The van der Waals surface area contributed by atoms with Crippen LogP contribution in [0.25, 0.3) is 0 Å². The van der Waals surface area contributed by atoms with Crippen molar-refractivity contribution in [1.82, 2.24) is 0 Å². The first-order chi connectivity index (χ1) is 8.43. The summed E-state index contributed by atoms with van der Waals surface area (Å²) < 4.78 is 17.4. The minimum absolute atomic E-state index is 0.0828. The molecule has 3 aliphatic rings. The zero-order chi connectivity index (χ0) is 11.5. The van der Waals surface area contributed by atoms with Crippen molar-refractivity contribution in [3.05, 3.63) is 36.5 Å². The van der Waals surface area contributed by atoms with E-state index in [0.717, 1.165) is 12.8 Å². The molecule has 3 rings (SSSR count). The van der Waals surface area contributed by atoms with Gasteiger partial charge < -0.3 is 14.2 Å². The Labute approximate surface area is 102 Å². The predicted octanol–water partition coefficient (Wildman–Crippen LogP) is 2.00. The molecule has 0 bridgehead atoms. The molecule has 0 radical (unpaired) electrons. The fourth-order valence-corrected chi connectivity index (χ4v) is 2.46. The van der Waals surface area contributed by atoms with Crippen LogP contribution in [0.4, 0.5) is 0 Å². The number of hydrogen-bond donors (Lipinski definition) is 0. The van der Waals surface area contributed by atoms with E-state index < -0.39 is 0 Å². The van der Waals surface area contributed by atoms with E-state index in [1.807, 2.05) is 0 Å². The maximum atomic E-state index is 6.01. The Morgan fingerprint density at radius 3 is 1.65 bits per heavy atom. The lowest BCUT2D eigenvalue weighted by molar-refractivity contribution is -0.0958. The first-order valence-electron chi connectivity index (χ1n) is 6.30. The molecule has 0 fully saturated rings. The molecule has 0 N–H and O–H groups in total. The van der Waals surface area contributed by atoms with Gasteiger partial charge in [0.25, 0.3) is 0 Å². The molecule has 0 aromatic heterocycles. The summed E-state index contributed by atoms with van der Waals surface area (Å²) in [4.78, 5) is 0. The molecule has 0 saturated carbocycles. The molecule has 0 aromatic rings. The minimum atomic E-state index is 0.0828. The van der Waals surface area contributed by atoms with E-state index >= 15 is 0 Å². The Hall–Kier alpha value is -0.900. The number of hydrogen-bond acceptors (Lipinski definition) is 3. The molecule has 92 valence electrons. The van der Waals surface area contributed by atoms with Crippen molar-refractivity contribution in [3.8, 4) is 0 Å². The summed E-state index contributed by atoms with van der Waals surface area (Å²) in [5.41, 5.74) is 0. The van der Waals surface area contributed by atoms with Crippen LogP contribution in [0.2, 0.25) is 0 Å². The van der Waals surface area contributed by atoms with Crippen LogP contribution >= 0.6 is 0 Å². The highest BCUT2D eigenvalue weighted by molar-refractivity contribution is 5.10. The van der Waals surface area contributed by atoms with Gasteiger partial charge in [0.2, 0.25) is 0 Å². The third-order valence-corrected chi connectivity index (χ3v) is 3.42. The third kappa shape index (κ3) is 2.51. The van der Waals surface area contributed by atoms with Crippen molar-refractivity contribution < 1.29 is 14.2 Å². The van der Waals surface area contributed by atoms with Crippen molar-refractivity contribution in [3.63, 3.8) is 0 Å². The summed E-state index contributed by atoms with van der Waals surface area (Å²) in [7, 11) is 0. The minimum Gasteiger partial charge on any atom is -0.371 e. The lowest BCUT2D eigenvalue weighted by atomic mass is 10.1. The van der Waals surface area contributed by atoms with Gasteiger partial charge in [-0.15, -0.1) is 0 Å². The van der Waals surface area contributed by atoms with Gasteiger partial charge in [0.15, 0.2) is 0 Å². The zero-order valence-corrected chi connectivity index (χ0v) is 9.83. The van der Waals surface area contributed by atoms with E-state index in [2.05, 4.69) is 36.5 Å². The molecule has 3 aliphatic heterocycles. The SMILES string of the molecule is C1=CC[C@@H]([C@H]2C=C[C@H]([C@@H]3CC=CCO3)O2)OC1. The Morgan fingerprint density at radius 2 is 1.24 bits per heavy atom. The largest absolute Gasteiger partial charge is 0.371 e. The molecule has 3 heteroatoms. The second-order valence-electron chi connectivity index (χ2n) is 4.61. The molecule has 0 unspecified atom stereocenters. The third-order valence-electron chi connectivity index (χ3n) is 3.42. The van der Waals surface area contributed by atoms with Crippen LogP contribution in [-0.2, 0) is 14.2 Å². The number of rotatable bonds is 2. The first-order valence-corrected chi connectivity index (χ1v) is 6.30. The lowest BCUT2D eigenvalue weighted by Crippen LogP contribution is -2.35. The van der Waals surface area contributed by atoms with E-state index in [1.54, 1.807) is 0 Å². The summed E-state index contributed by atoms with van der Waals surface area (Å²) in [5.74, 6) is 0. The van der Waals surface area contributed by atoms with Crippen LogP contribution in [0, 0.1) is 0 Å². The molecule has 3 heterocycles. The fraction of sp³-hybridized carbons (Fsp3) is 0.571. The fourth-order valence-electron chi connectivity index (χ4n) is 2.46. The molecule has 0 aliphatic carbocycles. The topological polar surface area (TPSA) is 27.7 Å². The van der Waals surface area contributed by atoms with Crippen LogP contribution in [-0.4, -0.2) is 37.6 Å². The summed E-state index contributed by atoms with van der Waals surface area (Å²) in [5, 5.41) is 0. The number of ether oxygens (including phenoxy) is 3. The van der Waals surface area contributed by atoms with E-state index in [1.165, 1.54) is 0 Å². The van der Waals surface area contributed by atoms with Crippen molar-refractivity contribution in [2.45, 2.75) is 37.3 Å². The average Bonchev–Trinajstić information content (AvgIpc) is 2.90. The quantitative estimate of drug-likeness (QED) is 0.684. The van der Waals surface area contributed by atoms with E-state index in [0.29, 0.717) is 13.2 Å². The highest BCUT2D eigenvalue weighted by Gasteiger charge is 2.32. The van der Waals surface area contributed by atoms with Gasteiger partial charge in [-0.2, -0.15) is 0 Å². The summed E-state index contributed by atoms with van der Waals surface area (Å²) in [6.45, 7) is 1.40. The highest BCUT2D eigenvalue weighted by atomic mass is 16.6. The Bertz CT molecular complexity index is 313. The predicted molar refractivity (Wildman–Crippen MR) is 64.8 cm³/mol. The molecule has 0 spiro atoms. The molecule has 4 atom stereocenters. The molecule has 0 aromatic carbocycles. The summed E-state index contributed by atoms with van der Waals surface area (Å²) in [6, 6.07) is 0. The van der Waals surface area contributed by atoms with Crippen molar-refractivity contribution in [1.29, 1.82) is 0 Å². The Balaban J connectivity index is 1.56. The molecular formula is C14H18O3. The smallest absolute Gasteiger partial charge is 0.103 e. The monoisotopic (exact) mass is 234 g/mol. The maximum absolute atomic E-state index is 6.01. The van der Waals surface area contributed by atoms with Gasteiger partial charge in [0.05, 0.1) is 25.4 Å². The Morgan fingerprint density at radius 1 is 0.706 bits per heavy atom. The lowest BCUT2D eigenvalue weighted by Gasteiger charge is -2.28. The standard InChI is InChI=1S/C14H18O3/c1-3-9-15-11(5-1)13-7-8-14(17-13)12-6-2-4-10-16-12/h1-4,7-8,11-14H,5-6,9-10H2/t11-,12-,13+,14+/m0/s1. The molecular weight excluding hydrogens is 216 g/mol.